The largest absolute Gasteiger partial charge is 0.481 e. The molecule has 0 spiro atoms. The molecular formula is C24H17F3N4O2. The van der Waals surface area contributed by atoms with Crippen LogP contribution < -0.4 is 31.5 Å². The van der Waals surface area contributed by atoms with Crippen molar-refractivity contribution in [3.05, 3.63) is 105 Å². The van der Waals surface area contributed by atoms with Crippen molar-refractivity contribution in [1.29, 1.82) is 0 Å². The maximum Gasteiger partial charge on any atom is 0.416 e. The van der Waals surface area contributed by atoms with E-state index in [4.69, 9.17) is 4.74 Å². The second-order valence-electron chi connectivity index (χ2n) is 7.40. The average Bonchev–Trinajstić information content (AvgIpc) is 2.83. The third-order valence-electron chi connectivity index (χ3n) is 5.38. The number of methoxy groups -OCH3 is 1. The molecule has 2 aliphatic rings. The molecule has 0 saturated heterocycles. The van der Waals surface area contributed by atoms with Gasteiger partial charge < -0.3 is 15.4 Å². The lowest BCUT2D eigenvalue weighted by atomic mass is 10.1. The van der Waals surface area contributed by atoms with E-state index in [-0.39, 0.29) is 5.69 Å². The molecule has 3 aromatic rings. The minimum Gasteiger partial charge on any atom is -0.481 e. The maximum atomic E-state index is 13.3. The summed E-state index contributed by atoms with van der Waals surface area (Å²) in [6, 6.07) is 11.2. The third kappa shape index (κ3) is 3.67. The van der Waals surface area contributed by atoms with E-state index < -0.39 is 17.3 Å². The zero-order valence-corrected chi connectivity index (χ0v) is 17.3. The first kappa shape index (κ1) is 20.6. The van der Waals surface area contributed by atoms with Gasteiger partial charge in [0, 0.05) is 46.7 Å². The quantitative estimate of drug-likeness (QED) is 0.641. The summed E-state index contributed by atoms with van der Waals surface area (Å²) >= 11 is 0. The van der Waals surface area contributed by atoms with Gasteiger partial charge >= 0.3 is 6.18 Å². The number of pyridine rings is 2. The van der Waals surface area contributed by atoms with Crippen LogP contribution in [0.15, 0.2) is 77.4 Å². The normalized spacial score (nSPS) is 14.6. The van der Waals surface area contributed by atoms with Crippen LogP contribution in [-0.2, 0) is 6.18 Å². The molecule has 0 radical (unpaired) electrons. The summed E-state index contributed by atoms with van der Waals surface area (Å²) in [7, 11) is 1.53. The molecule has 2 N–H and O–H groups in total. The average molecular weight is 450 g/mol. The summed E-state index contributed by atoms with van der Waals surface area (Å²) in [6.07, 6.45) is 2.51. The Morgan fingerprint density at radius 2 is 1.85 bits per heavy atom. The van der Waals surface area contributed by atoms with E-state index in [1.807, 2.05) is 18.2 Å². The molecule has 166 valence electrons. The highest BCUT2D eigenvalue weighted by molar-refractivity contribution is 5.81. The van der Waals surface area contributed by atoms with Gasteiger partial charge in [-0.15, -0.1) is 0 Å². The Morgan fingerprint density at radius 1 is 1.03 bits per heavy atom. The number of fused-ring (bicyclic) bond motifs is 2. The number of nitrogens with zero attached hydrogens (tertiary/aromatic N) is 2. The van der Waals surface area contributed by atoms with Crippen molar-refractivity contribution < 1.29 is 17.9 Å². The summed E-state index contributed by atoms with van der Waals surface area (Å²) in [5, 5.41) is 7.58. The highest BCUT2D eigenvalue weighted by Gasteiger charge is 2.31. The standard InChI is InChI=1S/C24H17F3N4O2/c1-33-20-9-5-14(12-29-20)18-7-8-19-22(30-18)23-15(13-28-19)6-10-21(32)31(23)17-4-2-3-16(11-17)24(25,26)27/h2-13,28,30H,1H3. The first-order valence-electron chi connectivity index (χ1n) is 9.96. The molecule has 33 heavy (non-hydrogen) atoms. The molecule has 0 unspecified atom stereocenters. The molecule has 5 rings (SSSR count). The van der Waals surface area contributed by atoms with E-state index in [0.29, 0.717) is 33.5 Å². The van der Waals surface area contributed by atoms with E-state index in [2.05, 4.69) is 15.6 Å². The number of allylic oxidation sites excluding steroid dienone is 2. The zero-order chi connectivity index (χ0) is 23.2. The molecule has 6 nitrogen and oxygen atoms in total. The third-order valence-corrected chi connectivity index (χ3v) is 5.38. The predicted octanol–water partition coefficient (Wildman–Crippen LogP) is 2.24. The molecule has 9 heteroatoms. The first-order chi connectivity index (χ1) is 15.8. The van der Waals surface area contributed by atoms with Crippen LogP contribution in [0.25, 0.3) is 23.3 Å². The molecule has 2 aliphatic heterocycles. The SMILES string of the molecule is COc1ccc(C2=CC=C3NC=c4ccc(=O)n(-c5cccc(C(F)(F)F)c5)c4=C3N2)cn1. The first-order valence-corrected chi connectivity index (χ1v) is 9.96. The lowest BCUT2D eigenvalue weighted by Crippen LogP contribution is -2.49. The summed E-state index contributed by atoms with van der Waals surface area (Å²) in [6.45, 7) is 0. The summed E-state index contributed by atoms with van der Waals surface area (Å²) in [5.41, 5.74) is 1.58. The van der Waals surface area contributed by atoms with Crippen molar-refractivity contribution in [2.45, 2.75) is 6.18 Å². The monoisotopic (exact) mass is 450 g/mol. The Kier molecular flexibility index (Phi) is 4.81. The van der Waals surface area contributed by atoms with Crippen LogP contribution in [0.1, 0.15) is 11.1 Å². The van der Waals surface area contributed by atoms with Gasteiger partial charge in [0.2, 0.25) is 5.88 Å². The lowest BCUT2D eigenvalue weighted by molar-refractivity contribution is -0.137. The summed E-state index contributed by atoms with van der Waals surface area (Å²) in [4.78, 5) is 17.1. The second kappa shape index (κ2) is 7.70. The van der Waals surface area contributed by atoms with E-state index in [1.165, 1.54) is 29.9 Å². The van der Waals surface area contributed by atoms with Gasteiger partial charge in [0.05, 0.1) is 29.4 Å². The van der Waals surface area contributed by atoms with Crippen LogP contribution in [0.4, 0.5) is 13.2 Å². The topological polar surface area (TPSA) is 68.2 Å². The smallest absolute Gasteiger partial charge is 0.416 e. The van der Waals surface area contributed by atoms with Crippen molar-refractivity contribution in [2.75, 3.05) is 7.11 Å². The number of benzene rings is 1. The fraction of sp³-hybridized carbons (Fsp3) is 0.0833. The lowest BCUT2D eigenvalue weighted by Gasteiger charge is -2.25. The number of rotatable bonds is 3. The van der Waals surface area contributed by atoms with Gasteiger partial charge in [0.25, 0.3) is 5.56 Å². The van der Waals surface area contributed by atoms with Crippen LogP contribution in [0.3, 0.4) is 0 Å². The van der Waals surface area contributed by atoms with Crippen LogP contribution in [0.2, 0.25) is 0 Å². The number of alkyl halides is 3. The van der Waals surface area contributed by atoms with Crippen molar-refractivity contribution >= 4 is 17.6 Å². The number of aromatic nitrogens is 2. The van der Waals surface area contributed by atoms with E-state index >= 15 is 0 Å². The number of ether oxygens (including phenoxy) is 1. The van der Waals surface area contributed by atoms with Gasteiger partial charge in [-0.25, -0.2) is 4.98 Å². The number of nitrogens with one attached hydrogen (secondary N) is 2. The van der Waals surface area contributed by atoms with Gasteiger partial charge in [-0.2, -0.15) is 13.2 Å². The summed E-state index contributed by atoms with van der Waals surface area (Å²) < 4.78 is 46.4. The Morgan fingerprint density at radius 3 is 2.58 bits per heavy atom. The Bertz CT molecular complexity index is 1500. The van der Waals surface area contributed by atoms with Gasteiger partial charge in [-0.1, -0.05) is 6.07 Å². The van der Waals surface area contributed by atoms with Gasteiger partial charge in [0.15, 0.2) is 0 Å². The molecule has 0 amide bonds. The molecular weight excluding hydrogens is 433 g/mol. The minimum absolute atomic E-state index is 0.123. The summed E-state index contributed by atoms with van der Waals surface area (Å²) in [5.74, 6) is 0.469. The number of dihydropyridines is 1. The zero-order valence-electron chi connectivity index (χ0n) is 17.3. The fourth-order valence-electron chi connectivity index (χ4n) is 3.79. The van der Waals surface area contributed by atoms with Crippen molar-refractivity contribution in [2.24, 2.45) is 0 Å². The molecule has 0 bridgehead atoms. The van der Waals surface area contributed by atoms with Crippen molar-refractivity contribution in [1.82, 2.24) is 20.2 Å². The minimum atomic E-state index is -4.53. The van der Waals surface area contributed by atoms with Crippen molar-refractivity contribution in [3.8, 4) is 11.6 Å². The van der Waals surface area contributed by atoms with Crippen molar-refractivity contribution in [3.63, 3.8) is 0 Å². The molecule has 0 fully saturated rings. The molecule has 0 atom stereocenters. The van der Waals surface area contributed by atoms with Crippen LogP contribution in [-0.4, -0.2) is 16.7 Å². The van der Waals surface area contributed by atoms with Gasteiger partial charge in [-0.3, -0.25) is 9.36 Å². The van der Waals surface area contributed by atoms with Crippen LogP contribution >= 0.6 is 0 Å². The van der Waals surface area contributed by atoms with Crippen LogP contribution in [0.5, 0.6) is 5.88 Å². The Balaban J connectivity index is 1.72. The highest BCUT2D eigenvalue weighted by atomic mass is 19.4. The fourth-order valence-corrected chi connectivity index (χ4v) is 3.79. The molecule has 2 aromatic heterocycles. The van der Waals surface area contributed by atoms with Gasteiger partial charge in [0.1, 0.15) is 0 Å². The molecule has 0 aliphatic carbocycles. The van der Waals surface area contributed by atoms with E-state index in [0.717, 1.165) is 17.7 Å². The number of hydrogen-bond acceptors (Lipinski definition) is 5. The van der Waals surface area contributed by atoms with Crippen LogP contribution in [0, 0.1) is 0 Å². The molecule has 0 saturated carbocycles. The Hall–Kier alpha value is -4.27. The molecule has 1 aromatic carbocycles. The van der Waals surface area contributed by atoms with E-state index in [9.17, 15) is 18.0 Å². The molecule has 4 heterocycles. The predicted molar refractivity (Wildman–Crippen MR) is 117 cm³/mol. The van der Waals surface area contributed by atoms with Gasteiger partial charge in [-0.05, 0) is 42.5 Å². The second-order valence-corrected chi connectivity index (χ2v) is 7.40. The maximum absolute atomic E-state index is 13.3. The Labute approximate surface area is 185 Å². The highest BCUT2D eigenvalue weighted by Crippen LogP contribution is 2.30. The number of halogens is 3. The number of hydrogen-bond donors (Lipinski definition) is 2. The van der Waals surface area contributed by atoms with E-state index in [1.54, 1.807) is 24.5 Å².